The molecule has 6 heterocycles. The monoisotopic (exact) mass is 906 g/mol. The molecule has 3 fully saturated rings. The van der Waals surface area contributed by atoms with Crippen LogP contribution in [0, 0.1) is 12.7 Å². The normalized spacial score (nSPS) is 20.0. The zero-order chi connectivity index (χ0) is 45.8. The lowest BCUT2D eigenvalue weighted by Gasteiger charge is -2.38. The predicted octanol–water partition coefficient (Wildman–Crippen LogP) is 5.30. The van der Waals surface area contributed by atoms with Crippen LogP contribution in [0.4, 0.5) is 38.9 Å². The molecule has 3 N–H and O–H groups in total. The lowest BCUT2D eigenvalue weighted by atomic mass is 9.89. The molecule has 65 heavy (non-hydrogen) atoms. The molecule has 4 aromatic rings. The van der Waals surface area contributed by atoms with Crippen LogP contribution in [0.2, 0.25) is 0 Å². The summed E-state index contributed by atoms with van der Waals surface area (Å²) < 4.78 is 42.9. The molecule has 0 aliphatic carbocycles. The molecular weight excluding hydrogens is 852 g/mol. The van der Waals surface area contributed by atoms with Crippen LogP contribution >= 0.6 is 0 Å². The van der Waals surface area contributed by atoms with Gasteiger partial charge in [-0.2, -0.15) is 4.98 Å². The summed E-state index contributed by atoms with van der Waals surface area (Å²) in [6, 6.07) is 15.2. The summed E-state index contributed by atoms with van der Waals surface area (Å²) in [5.74, 6) is -1.33. The third-order valence-corrected chi connectivity index (χ3v) is 15.9. The Morgan fingerprint density at radius 2 is 1.48 bits per heavy atom. The quantitative estimate of drug-likeness (QED) is 0.165. The second-order valence-corrected chi connectivity index (χ2v) is 21.2. The number of piperazine rings is 1. The third-order valence-electron chi connectivity index (χ3n) is 13.4. The van der Waals surface area contributed by atoms with Gasteiger partial charge in [-0.3, -0.25) is 38.6 Å². The van der Waals surface area contributed by atoms with Crippen molar-refractivity contribution in [2.24, 2.45) is 0 Å². The van der Waals surface area contributed by atoms with E-state index in [4.69, 9.17) is 0 Å². The van der Waals surface area contributed by atoms with Crippen LogP contribution in [0.5, 0.6) is 0 Å². The molecule has 18 heteroatoms. The van der Waals surface area contributed by atoms with E-state index >= 15 is 4.39 Å². The van der Waals surface area contributed by atoms with Gasteiger partial charge in [0.15, 0.2) is 0 Å². The van der Waals surface area contributed by atoms with E-state index in [1.54, 1.807) is 39.1 Å². The second-order valence-electron chi connectivity index (χ2n) is 18.6. The number of hydrogen-bond acceptors (Lipinski definition) is 13. The Morgan fingerprint density at radius 3 is 2.18 bits per heavy atom. The van der Waals surface area contributed by atoms with Gasteiger partial charge in [-0.25, -0.2) is 17.8 Å². The topological polar surface area (TPSA) is 180 Å². The highest BCUT2D eigenvalue weighted by atomic mass is 32.2. The Bertz CT molecular complexity index is 2680. The van der Waals surface area contributed by atoms with Crippen LogP contribution in [0.15, 0.2) is 60.8 Å². The summed E-state index contributed by atoms with van der Waals surface area (Å²) in [5.41, 5.74) is 5.80. The van der Waals surface area contributed by atoms with Crippen LogP contribution in [-0.4, -0.2) is 126 Å². The Kier molecular flexibility index (Phi) is 11.9. The number of carbonyl (C=O) groups is 4. The molecule has 3 saturated heterocycles. The predicted molar refractivity (Wildman–Crippen MR) is 246 cm³/mol. The zero-order valence-corrected chi connectivity index (χ0v) is 38.0. The van der Waals surface area contributed by atoms with Crippen molar-refractivity contribution in [2.75, 3.05) is 78.7 Å². The number of likely N-dealkylation sites (tertiary alicyclic amines) is 1. The van der Waals surface area contributed by atoms with E-state index in [1.807, 2.05) is 43.3 Å². The van der Waals surface area contributed by atoms with Gasteiger partial charge in [0.1, 0.15) is 17.7 Å². The first-order valence-corrected chi connectivity index (χ1v) is 23.9. The number of benzene rings is 3. The molecule has 9 rings (SSSR count). The molecule has 5 aliphatic rings. The molecule has 16 nitrogen and oxygen atoms in total. The minimum absolute atomic E-state index is 0.0795. The lowest BCUT2D eigenvalue weighted by molar-refractivity contribution is -0.136. The molecule has 342 valence electrons. The van der Waals surface area contributed by atoms with Crippen LogP contribution in [0.1, 0.15) is 89.8 Å². The summed E-state index contributed by atoms with van der Waals surface area (Å²) in [6.07, 6.45) is 4.26. The number of imide groups is 2. The Balaban J connectivity index is 0.740. The van der Waals surface area contributed by atoms with Crippen LogP contribution in [0.25, 0.3) is 0 Å². The number of rotatable bonds is 11. The summed E-state index contributed by atoms with van der Waals surface area (Å²) in [4.78, 5) is 67.8. The van der Waals surface area contributed by atoms with Crippen LogP contribution in [-0.2, 0) is 26.0 Å². The van der Waals surface area contributed by atoms with E-state index in [2.05, 4.69) is 40.6 Å². The standard InChI is InChI=1S/C47H55FN10O6S/c1-29-28-49-46(53-42(29)50-33-6-5-31-15-18-57(40(31)26-33)65(63,64)47(2,3)4)51-32-7-9-35(38(48)25-32)30-13-16-54(17-14-30)19-20-55-21-23-56(24-22-55)34-8-10-36-37(27-34)45(62)58(44(36)61)39-11-12-41(59)52-43(39)60/h5-10,25-28,30,39H,11-24H2,1-4H3,(H,52,59,60)(H2,49,50,51,53). The van der Waals surface area contributed by atoms with Gasteiger partial charge < -0.3 is 20.4 Å². The third kappa shape index (κ3) is 8.78. The molecule has 0 saturated carbocycles. The summed E-state index contributed by atoms with van der Waals surface area (Å²) >= 11 is 0. The number of aryl methyl sites for hydroxylation is 1. The number of nitrogens with zero attached hydrogens (tertiary/aromatic N) is 7. The van der Waals surface area contributed by atoms with Gasteiger partial charge in [-0.05, 0) is 126 Å². The van der Waals surface area contributed by atoms with Gasteiger partial charge in [0.25, 0.3) is 11.8 Å². The fraction of sp³-hybridized carbons (Fsp3) is 0.447. The highest BCUT2D eigenvalue weighted by Gasteiger charge is 2.45. The first kappa shape index (κ1) is 44.2. The van der Waals surface area contributed by atoms with Crippen molar-refractivity contribution in [3.8, 4) is 0 Å². The maximum atomic E-state index is 15.7. The number of piperidine rings is 2. The average Bonchev–Trinajstić information content (AvgIpc) is 3.82. The van der Waals surface area contributed by atoms with E-state index in [1.165, 1.54) is 10.4 Å². The van der Waals surface area contributed by atoms with Crippen LogP contribution in [0.3, 0.4) is 0 Å². The zero-order valence-electron chi connectivity index (χ0n) is 37.2. The SMILES string of the molecule is Cc1cnc(Nc2ccc(C3CCN(CCN4CCN(c5ccc6c(c5)C(=O)N(C5CCC(=O)NC5=O)C6=O)CC4)CC3)c(F)c2)nc1Nc1ccc2c(c1)N(S(=O)(=O)C(C)(C)C)CC2. The Morgan fingerprint density at radius 1 is 0.785 bits per heavy atom. The summed E-state index contributed by atoms with van der Waals surface area (Å²) in [7, 11) is -3.56. The maximum absolute atomic E-state index is 15.7. The van der Waals surface area contributed by atoms with Gasteiger partial charge >= 0.3 is 0 Å². The van der Waals surface area contributed by atoms with Gasteiger partial charge in [-0.15, -0.1) is 0 Å². The van der Waals surface area contributed by atoms with E-state index in [9.17, 15) is 27.6 Å². The number of carbonyl (C=O) groups excluding carboxylic acids is 4. The number of sulfonamides is 1. The number of amides is 4. The molecule has 3 aromatic carbocycles. The Labute approximate surface area is 378 Å². The molecule has 1 aromatic heterocycles. The second kappa shape index (κ2) is 17.4. The maximum Gasteiger partial charge on any atom is 0.262 e. The van der Waals surface area contributed by atoms with Crippen molar-refractivity contribution in [1.29, 1.82) is 0 Å². The van der Waals surface area contributed by atoms with E-state index < -0.39 is 44.4 Å². The number of hydrogen-bond donors (Lipinski definition) is 3. The van der Waals surface area contributed by atoms with E-state index in [-0.39, 0.29) is 35.7 Å². The minimum atomic E-state index is -3.56. The Hall–Kier alpha value is -5.98. The van der Waals surface area contributed by atoms with Crippen molar-refractivity contribution in [1.82, 2.24) is 30.0 Å². The molecular formula is C47H55FN10O6S. The van der Waals surface area contributed by atoms with Crippen molar-refractivity contribution in [2.45, 2.75) is 76.5 Å². The van der Waals surface area contributed by atoms with Gasteiger partial charge in [-0.1, -0.05) is 12.1 Å². The number of aromatic nitrogens is 2. The van der Waals surface area contributed by atoms with Crippen molar-refractivity contribution < 1.29 is 32.0 Å². The smallest absolute Gasteiger partial charge is 0.262 e. The fourth-order valence-electron chi connectivity index (χ4n) is 9.47. The fourth-order valence-corrected chi connectivity index (χ4v) is 10.9. The summed E-state index contributed by atoms with van der Waals surface area (Å²) in [6.45, 7) is 14.2. The molecule has 5 aliphatic heterocycles. The molecule has 4 amide bonds. The van der Waals surface area contributed by atoms with Crippen molar-refractivity contribution in [3.63, 3.8) is 0 Å². The molecule has 0 bridgehead atoms. The summed E-state index contributed by atoms with van der Waals surface area (Å²) in [5, 5.41) is 8.72. The first-order valence-electron chi connectivity index (χ1n) is 22.4. The highest BCUT2D eigenvalue weighted by molar-refractivity contribution is 7.94. The van der Waals surface area contributed by atoms with Crippen LogP contribution < -0.4 is 25.2 Å². The molecule has 1 atom stereocenters. The molecule has 0 radical (unpaired) electrons. The first-order chi connectivity index (χ1) is 31.0. The average molecular weight is 907 g/mol. The largest absolute Gasteiger partial charge is 0.369 e. The number of halogens is 1. The number of nitrogens with one attached hydrogen (secondary N) is 3. The minimum Gasteiger partial charge on any atom is -0.369 e. The van der Waals surface area contributed by atoms with E-state index in [0.717, 1.165) is 86.9 Å². The van der Waals surface area contributed by atoms with E-state index in [0.29, 0.717) is 47.4 Å². The number of fused-ring (bicyclic) bond motifs is 2. The van der Waals surface area contributed by atoms with Crippen molar-refractivity contribution in [3.05, 3.63) is 94.4 Å². The number of anilines is 6. The lowest BCUT2D eigenvalue weighted by Crippen LogP contribution is -2.54. The molecule has 0 spiro atoms. The highest BCUT2D eigenvalue weighted by Crippen LogP contribution is 2.38. The van der Waals surface area contributed by atoms with Gasteiger partial charge in [0.05, 0.1) is 21.6 Å². The van der Waals surface area contributed by atoms with Gasteiger partial charge in [0.2, 0.25) is 27.8 Å². The molecule has 1 unspecified atom stereocenters. The van der Waals surface area contributed by atoms with Gasteiger partial charge in [0, 0.05) is 81.1 Å². The van der Waals surface area contributed by atoms with Crippen molar-refractivity contribution >= 4 is 68.2 Å².